The van der Waals surface area contributed by atoms with Crippen molar-refractivity contribution in [3.8, 4) is 6.07 Å². The first-order valence-corrected chi connectivity index (χ1v) is 7.54. The predicted molar refractivity (Wildman–Crippen MR) is 76.9 cm³/mol. The molecule has 0 heterocycles. The van der Waals surface area contributed by atoms with Gasteiger partial charge in [-0.05, 0) is 61.8 Å². The number of hydrogen-bond acceptors (Lipinski definition) is 2. The first-order chi connectivity index (χ1) is 9.31. The normalized spacial score (nSPS) is 19.5. The third-order valence-electron chi connectivity index (χ3n) is 4.76. The van der Waals surface area contributed by atoms with Crippen LogP contribution in [0.15, 0.2) is 18.2 Å². The van der Waals surface area contributed by atoms with Crippen LogP contribution in [0.2, 0.25) is 0 Å². The van der Waals surface area contributed by atoms with Crippen LogP contribution in [0.1, 0.15) is 42.4 Å². The molecule has 3 rings (SSSR count). The van der Waals surface area contributed by atoms with Gasteiger partial charge in [0.1, 0.15) is 0 Å². The second-order valence-electron chi connectivity index (χ2n) is 6.13. The summed E-state index contributed by atoms with van der Waals surface area (Å²) in [4.78, 5) is 0. The number of aryl methyl sites for hydroxylation is 2. The van der Waals surface area contributed by atoms with E-state index in [2.05, 4.69) is 29.6 Å². The Bertz CT molecular complexity index is 494. The van der Waals surface area contributed by atoms with Gasteiger partial charge in [0, 0.05) is 6.54 Å². The zero-order chi connectivity index (χ0) is 13.1. The van der Waals surface area contributed by atoms with Gasteiger partial charge in [-0.3, -0.25) is 0 Å². The van der Waals surface area contributed by atoms with E-state index in [1.807, 2.05) is 0 Å². The summed E-state index contributed by atoms with van der Waals surface area (Å²) in [5, 5.41) is 12.6. The molecule has 2 heteroatoms. The van der Waals surface area contributed by atoms with Crippen molar-refractivity contribution < 1.29 is 0 Å². The molecule has 2 nitrogen and oxygen atoms in total. The second kappa shape index (κ2) is 5.35. The second-order valence-corrected chi connectivity index (χ2v) is 6.13. The summed E-state index contributed by atoms with van der Waals surface area (Å²) in [5.74, 6) is 0. The van der Waals surface area contributed by atoms with Gasteiger partial charge in [0.2, 0.25) is 0 Å². The van der Waals surface area contributed by atoms with E-state index in [9.17, 15) is 0 Å². The van der Waals surface area contributed by atoms with Gasteiger partial charge in [-0.1, -0.05) is 24.6 Å². The maximum absolute atomic E-state index is 9.17. The van der Waals surface area contributed by atoms with Crippen molar-refractivity contribution in [3.63, 3.8) is 0 Å². The van der Waals surface area contributed by atoms with E-state index in [-0.39, 0.29) is 5.41 Å². The van der Waals surface area contributed by atoms with Crippen molar-refractivity contribution in [2.45, 2.75) is 44.9 Å². The first-order valence-electron chi connectivity index (χ1n) is 7.54. The van der Waals surface area contributed by atoms with Gasteiger partial charge < -0.3 is 5.32 Å². The molecular formula is C17H22N2. The summed E-state index contributed by atoms with van der Waals surface area (Å²) in [6.07, 6.45) is 8.30. The maximum Gasteiger partial charge on any atom is 0.0703 e. The predicted octanol–water partition coefficient (Wildman–Crippen LogP) is 3.00. The average Bonchev–Trinajstić information content (AvgIpc) is 2.84. The Hall–Kier alpha value is -1.33. The molecule has 1 aromatic carbocycles. The van der Waals surface area contributed by atoms with Crippen LogP contribution in [0.4, 0.5) is 0 Å². The lowest BCUT2D eigenvalue weighted by molar-refractivity contribution is 0.208. The van der Waals surface area contributed by atoms with Crippen molar-refractivity contribution in [2.75, 3.05) is 13.1 Å². The van der Waals surface area contributed by atoms with Crippen LogP contribution in [-0.4, -0.2) is 13.1 Å². The summed E-state index contributed by atoms with van der Waals surface area (Å²) in [5.41, 5.74) is 4.50. The van der Waals surface area contributed by atoms with Crippen LogP contribution in [0.5, 0.6) is 0 Å². The van der Waals surface area contributed by atoms with Crippen LogP contribution < -0.4 is 5.32 Å². The number of benzene rings is 1. The molecule has 2 aliphatic rings. The average molecular weight is 254 g/mol. The fourth-order valence-electron chi connectivity index (χ4n) is 3.27. The molecular weight excluding hydrogens is 232 g/mol. The molecule has 100 valence electrons. The quantitative estimate of drug-likeness (QED) is 0.820. The zero-order valence-electron chi connectivity index (χ0n) is 11.5. The van der Waals surface area contributed by atoms with E-state index in [1.54, 1.807) is 11.1 Å². The van der Waals surface area contributed by atoms with Crippen LogP contribution in [-0.2, 0) is 19.3 Å². The summed E-state index contributed by atoms with van der Waals surface area (Å²) < 4.78 is 0. The minimum atomic E-state index is -0.0437. The Morgan fingerprint density at radius 2 is 2.00 bits per heavy atom. The highest BCUT2D eigenvalue weighted by Gasteiger charge is 2.36. The molecule has 0 unspecified atom stereocenters. The highest BCUT2D eigenvalue weighted by atomic mass is 14.9. The summed E-state index contributed by atoms with van der Waals surface area (Å²) in [6, 6.07) is 9.45. The Kier molecular flexibility index (Phi) is 3.57. The van der Waals surface area contributed by atoms with Crippen LogP contribution in [0.25, 0.3) is 0 Å². The zero-order valence-corrected chi connectivity index (χ0v) is 11.5. The molecule has 2 aliphatic carbocycles. The lowest BCUT2D eigenvalue weighted by Crippen LogP contribution is -2.39. The molecule has 1 fully saturated rings. The molecule has 0 aromatic heterocycles. The number of fused-ring (bicyclic) bond motifs is 1. The lowest BCUT2D eigenvalue weighted by Gasteiger charge is -2.35. The monoisotopic (exact) mass is 254 g/mol. The number of nitrogens with zero attached hydrogens (tertiary/aromatic N) is 1. The molecule has 0 radical (unpaired) electrons. The molecule has 0 aliphatic heterocycles. The van der Waals surface area contributed by atoms with E-state index >= 15 is 0 Å². The highest BCUT2D eigenvalue weighted by Crippen LogP contribution is 2.39. The number of nitrogens with one attached hydrogen (secondary N) is 1. The number of hydrogen-bond donors (Lipinski definition) is 1. The van der Waals surface area contributed by atoms with E-state index in [4.69, 9.17) is 5.26 Å². The van der Waals surface area contributed by atoms with Crippen molar-refractivity contribution in [1.82, 2.24) is 5.32 Å². The van der Waals surface area contributed by atoms with Crippen molar-refractivity contribution in [2.24, 2.45) is 5.41 Å². The Morgan fingerprint density at radius 3 is 2.74 bits per heavy atom. The molecule has 0 spiro atoms. The standard InChI is InChI=1S/C17H22N2/c18-12-17(8-2-9-17)13-19-10-7-14-5-6-15-3-1-4-16(15)11-14/h5-6,11,19H,1-4,7-10,13H2. The lowest BCUT2D eigenvalue weighted by atomic mass is 9.70. The Morgan fingerprint density at radius 1 is 1.16 bits per heavy atom. The minimum Gasteiger partial charge on any atom is -0.315 e. The smallest absolute Gasteiger partial charge is 0.0703 e. The van der Waals surface area contributed by atoms with Crippen molar-refractivity contribution in [1.29, 1.82) is 5.26 Å². The maximum atomic E-state index is 9.17. The molecule has 0 atom stereocenters. The van der Waals surface area contributed by atoms with Gasteiger partial charge in [0.15, 0.2) is 0 Å². The summed E-state index contributed by atoms with van der Waals surface area (Å²) in [7, 11) is 0. The molecule has 0 bridgehead atoms. The number of nitriles is 1. The number of rotatable bonds is 5. The Balaban J connectivity index is 1.46. The van der Waals surface area contributed by atoms with Gasteiger partial charge in [-0.15, -0.1) is 0 Å². The van der Waals surface area contributed by atoms with E-state index in [0.717, 1.165) is 32.4 Å². The van der Waals surface area contributed by atoms with Gasteiger partial charge in [0.25, 0.3) is 0 Å². The molecule has 1 N–H and O–H groups in total. The van der Waals surface area contributed by atoms with Crippen molar-refractivity contribution >= 4 is 0 Å². The molecule has 1 saturated carbocycles. The largest absolute Gasteiger partial charge is 0.315 e. The fourth-order valence-corrected chi connectivity index (χ4v) is 3.27. The molecule has 1 aromatic rings. The van der Waals surface area contributed by atoms with Crippen LogP contribution in [0, 0.1) is 16.7 Å². The fraction of sp³-hybridized carbons (Fsp3) is 0.588. The van der Waals surface area contributed by atoms with E-state index in [0.29, 0.717) is 0 Å². The SMILES string of the molecule is N#CC1(CNCCc2ccc3c(c2)CCC3)CCC1. The topological polar surface area (TPSA) is 35.8 Å². The third-order valence-corrected chi connectivity index (χ3v) is 4.76. The molecule has 0 saturated heterocycles. The van der Waals surface area contributed by atoms with E-state index < -0.39 is 0 Å². The first kappa shape index (κ1) is 12.7. The van der Waals surface area contributed by atoms with Gasteiger partial charge in [-0.25, -0.2) is 0 Å². The van der Waals surface area contributed by atoms with Crippen LogP contribution >= 0.6 is 0 Å². The minimum absolute atomic E-state index is 0.0437. The third kappa shape index (κ3) is 2.67. The van der Waals surface area contributed by atoms with Gasteiger partial charge >= 0.3 is 0 Å². The van der Waals surface area contributed by atoms with E-state index in [1.165, 1.54) is 31.2 Å². The summed E-state index contributed by atoms with van der Waals surface area (Å²) in [6.45, 7) is 1.86. The van der Waals surface area contributed by atoms with Gasteiger partial charge in [-0.2, -0.15) is 5.26 Å². The molecule has 0 amide bonds. The van der Waals surface area contributed by atoms with Crippen molar-refractivity contribution in [3.05, 3.63) is 34.9 Å². The van der Waals surface area contributed by atoms with Gasteiger partial charge in [0.05, 0.1) is 11.5 Å². The highest BCUT2D eigenvalue weighted by molar-refractivity contribution is 5.35. The summed E-state index contributed by atoms with van der Waals surface area (Å²) >= 11 is 0. The Labute approximate surface area is 115 Å². The molecule has 19 heavy (non-hydrogen) atoms. The van der Waals surface area contributed by atoms with Crippen LogP contribution in [0.3, 0.4) is 0 Å².